The van der Waals surface area contributed by atoms with Gasteiger partial charge < -0.3 is 14.9 Å². The first kappa shape index (κ1) is 16.1. The standard InChI is InChI=1S/C15H19BClNO3/c1-16(21)18-8-6-12(7-9-18)14(10-15(19)20)11-2-4-13(17)5-3-11/h2-5,10,12,21H,6-9H2,1H3,(H,19,20). The normalized spacial score (nSPS) is 17.8. The van der Waals surface area contributed by atoms with E-state index in [9.17, 15) is 9.82 Å². The number of hydrogen-bond acceptors (Lipinski definition) is 3. The summed E-state index contributed by atoms with van der Waals surface area (Å²) in [5, 5.41) is 19.4. The highest BCUT2D eigenvalue weighted by Gasteiger charge is 2.26. The summed E-state index contributed by atoms with van der Waals surface area (Å²) in [4.78, 5) is 13.1. The summed E-state index contributed by atoms with van der Waals surface area (Å²) < 4.78 is 0. The van der Waals surface area contributed by atoms with Crippen LogP contribution in [0.4, 0.5) is 0 Å². The number of piperidine rings is 1. The molecule has 6 heteroatoms. The van der Waals surface area contributed by atoms with E-state index in [1.54, 1.807) is 19.0 Å². The summed E-state index contributed by atoms with van der Waals surface area (Å²) in [5.74, 6) is -0.741. The van der Waals surface area contributed by atoms with E-state index in [4.69, 9.17) is 16.7 Å². The molecule has 112 valence electrons. The number of rotatable bonds is 4. The number of aliphatic carboxylic acids is 1. The molecule has 1 saturated heterocycles. The van der Waals surface area contributed by atoms with Crippen LogP contribution in [-0.2, 0) is 4.79 Å². The minimum atomic E-state index is -0.932. The first-order chi connectivity index (χ1) is 9.97. The van der Waals surface area contributed by atoms with Gasteiger partial charge in [0.05, 0.1) is 0 Å². The molecule has 0 unspecified atom stereocenters. The minimum absolute atomic E-state index is 0.192. The molecule has 0 spiro atoms. The summed E-state index contributed by atoms with van der Waals surface area (Å²) >= 11 is 5.89. The van der Waals surface area contributed by atoms with Gasteiger partial charge in [0, 0.05) is 11.1 Å². The Morgan fingerprint density at radius 1 is 1.33 bits per heavy atom. The second kappa shape index (κ2) is 7.12. The van der Waals surface area contributed by atoms with Crippen LogP contribution in [0, 0.1) is 5.92 Å². The molecule has 1 fully saturated rings. The van der Waals surface area contributed by atoms with Crippen molar-refractivity contribution in [2.24, 2.45) is 5.92 Å². The van der Waals surface area contributed by atoms with Gasteiger partial charge in [-0.3, -0.25) is 0 Å². The average Bonchev–Trinajstić information content (AvgIpc) is 2.46. The summed E-state index contributed by atoms with van der Waals surface area (Å²) in [6.45, 7) is 3.30. The third-order valence-electron chi connectivity index (χ3n) is 3.95. The van der Waals surface area contributed by atoms with Crippen molar-refractivity contribution >= 4 is 30.2 Å². The highest BCUT2D eigenvalue weighted by Crippen LogP contribution is 2.32. The van der Waals surface area contributed by atoms with Crippen molar-refractivity contribution in [2.75, 3.05) is 13.1 Å². The maximum absolute atomic E-state index is 11.1. The smallest absolute Gasteiger partial charge is 0.376 e. The number of hydrogen-bond donors (Lipinski definition) is 2. The molecule has 0 atom stereocenters. The van der Waals surface area contributed by atoms with Crippen molar-refractivity contribution in [1.82, 2.24) is 4.81 Å². The van der Waals surface area contributed by atoms with Crippen LogP contribution >= 0.6 is 11.6 Å². The van der Waals surface area contributed by atoms with E-state index >= 15 is 0 Å². The fourth-order valence-corrected chi connectivity index (χ4v) is 2.92. The van der Waals surface area contributed by atoms with Crippen LogP contribution in [0.5, 0.6) is 0 Å². The number of carboxylic acids is 1. The fraction of sp³-hybridized carbons (Fsp3) is 0.400. The van der Waals surface area contributed by atoms with Gasteiger partial charge in [-0.25, -0.2) is 4.79 Å². The molecular weight excluding hydrogens is 288 g/mol. The van der Waals surface area contributed by atoms with Crippen LogP contribution in [0.2, 0.25) is 11.8 Å². The van der Waals surface area contributed by atoms with Crippen molar-refractivity contribution in [1.29, 1.82) is 0 Å². The maximum atomic E-state index is 11.1. The minimum Gasteiger partial charge on any atom is -0.478 e. The van der Waals surface area contributed by atoms with Gasteiger partial charge in [-0.1, -0.05) is 23.7 Å². The fourth-order valence-electron chi connectivity index (χ4n) is 2.80. The molecule has 2 N–H and O–H groups in total. The molecule has 0 aliphatic carbocycles. The molecule has 21 heavy (non-hydrogen) atoms. The molecule has 0 amide bonds. The number of halogens is 1. The Hall–Kier alpha value is -1.30. The summed E-state index contributed by atoms with van der Waals surface area (Å²) in [6.07, 6.45) is 2.98. The predicted octanol–water partition coefficient (Wildman–Crippen LogP) is 2.63. The topological polar surface area (TPSA) is 60.8 Å². The van der Waals surface area contributed by atoms with Crippen LogP contribution in [0.15, 0.2) is 30.3 Å². The van der Waals surface area contributed by atoms with E-state index < -0.39 is 13.0 Å². The highest BCUT2D eigenvalue weighted by molar-refractivity contribution is 6.45. The van der Waals surface area contributed by atoms with E-state index in [-0.39, 0.29) is 5.92 Å². The van der Waals surface area contributed by atoms with Gasteiger partial charge in [0.2, 0.25) is 0 Å². The number of benzene rings is 1. The lowest BCUT2D eigenvalue weighted by Gasteiger charge is -2.33. The van der Waals surface area contributed by atoms with Crippen molar-refractivity contribution in [3.8, 4) is 0 Å². The van der Waals surface area contributed by atoms with Crippen molar-refractivity contribution in [2.45, 2.75) is 19.7 Å². The van der Waals surface area contributed by atoms with Crippen LogP contribution in [0.25, 0.3) is 5.57 Å². The first-order valence-corrected chi connectivity index (χ1v) is 7.47. The molecule has 4 nitrogen and oxygen atoms in total. The van der Waals surface area contributed by atoms with E-state index in [0.717, 1.165) is 37.1 Å². The van der Waals surface area contributed by atoms with E-state index in [1.165, 1.54) is 6.08 Å². The molecule has 2 rings (SSSR count). The molecule has 1 heterocycles. The van der Waals surface area contributed by atoms with Gasteiger partial charge in [0.25, 0.3) is 0 Å². The Bertz CT molecular complexity index is 522. The zero-order valence-corrected chi connectivity index (χ0v) is 12.8. The average molecular weight is 308 g/mol. The molecular formula is C15H19BClNO3. The van der Waals surface area contributed by atoms with Gasteiger partial charge in [-0.05, 0) is 61.9 Å². The zero-order chi connectivity index (χ0) is 15.4. The molecule has 0 aromatic heterocycles. The van der Waals surface area contributed by atoms with Crippen LogP contribution in [-0.4, -0.2) is 41.1 Å². The van der Waals surface area contributed by atoms with Crippen molar-refractivity contribution in [3.63, 3.8) is 0 Å². The lowest BCUT2D eigenvalue weighted by molar-refractivity contribution is -0.131. The zero-order valence-electron chi connectivity index (χ0n) is 12.0. The van der Waals surface area contributed by atoms with Crippen LogP contribution in [0.1, 0.15) is 18.4 Å². The Kier molecular flexibility index (Phi) is 5.45. The molecule has 1 aromatic carbocycles. The lowest BCUT2D eigenvalue weighted by Crippen LogP contribution is -2.43. The Morgan fingerprint density at radius 2 is 1.90 bits per heavy atom. The second-order valence-corrected chi connectivity index (χ2v) is 5.82. The number of allylic oxidation sites excluding steroid dienone is 1. The third kappa shape index (κ3) is 4.33. The van der Waals surface area contributed by atoms with Gasteiger partial charge in [0.15, 0.2) is 0 Å². The maximum Gasteiger partial charge on any atom is 0.376 e. The largest absolute Gasteiger partial charge is 0.478 e. The van der Waals surface area contributed by atoms with Gasteiger partial charge in [0.1, 0.15) is 0 Å². The second-order valence-electron chi connectivity index (χ2n) is 5.39. The van der Waals surface area contributed by atoms with Gasteiger partial charge in [-0.2, -0.15) is 0 Å². The Balaban J connectivity index is 2.19. The quantitative estimate of drug-likeness (QED) is 0.663. The van der Waals surface area contributed by atoms with E-state index in [2.05, 4.69) is 0 Å². The van der Waals surface area contributed by atoms with Gasteiger partial charge >= 0.3 is 13.0 Å². The summed E-state index contributed by atoms with van der Waals surface area (Å²) in [7, 11) is -0.451. The molecule has 1 aliphatic rings. The van der Waals surface area contributed by atoms with E-state index in [0.29, 0.717) is 5.02 Å². The summed E-state index contributed by atoms with van der Waals surface area (Å²) in [6, 6.07) is 7.27. The van der Waals surface area contributed by atoms with Crippen molar-refractivity contribution < 1.29 is 14.9 Å². The number of carboxylic acid groups (broad SMARTS) is 1. The van der Waals surface area contributed by atoms with E-state index in [1.807, 2.05) is 16.9 Å². The molecule has 1 aromatic rings. The number of carbonyl (C=O) groups is 1. The third-order valence-corrected chi connectivity index (χ3v) is 4.21. The predicted molar refractivity (Wildman–Crippen MR) is 85.2 cm³/mol. The highest BCUT2D eigenvalue weighted by atomic mass is 35.5. The molecule has 0 bridgehead atoms. The Morgan fingerprint density at radius 3 is 2.38 bits per heavy atom. The van der Waals surface area contributed by atoms with Crippen LogP contribution < -0.4 is 0 Å². The molecule has 0 saturated carbocycles. The lowest BCUT2D eigenvalue weighted by atomic mass is 9.78. The summed E-state index contributed by atoms with van der Waals surface area (Å²) in [5.41, 5.74) is 1.74. The number of nitrogens with zero attached hydrogens (tertiary/aromatic N) is 1. The van der Waals surface area contributed by atoms with Crippen LogP contribution in [0.3, 0.4) is 0 Å². The SMILES string of the molecule is CB(O)N1CCC(C(=CC(=O)O)c2ccc(Cl)cc2)CC1. The van der Waals surface area contributed by atoms with Gasteiger partial charge in [-0.15, -0.1) is 0 Å². The first-order valence-electron chi connectivity index (χ1n) is 7.10. The van der Waals surface area contributed by atoms with Crippen molar-refractivity contribution in [3.05, 3.63) is 40.9 Å². The molecule has 1 aliphatic heterocycles. The molecule has 0 radical (unpaired) electrons. The monoisotopic (exact) mass is 307 g/mol. The Labute approximate surface area is 130 Å².